The van der Waals surface area contributed by atoms with E-state index in [2.05, 4.69) is 29.6 Å². The van der Waals surface area contributed by atoms with Crippen LogP contribution in [0.15, 0.2) is 24.3 Å². The fourth-order valence-electron chi connectivity index (χ4n) is 4.60. The number of nitrogens with zero attached hydrogens (tertiary/aromatic N) is 2. The second-order valence-corrected chi connectivity index (χ2v) is 7.72. The summed E-state index contributed by atoms with van der Waals surface area (Å²) in [5.41, 5.74) is 2.98. The van der Waals surface area contributed by atoms with E-state index in [4.69, 9.17) is 0 Å². The Kier molecular flexibility index (Phi) is 3.12. The van der Waals surface area contributed by atoms with Gasteiger partial charge in [-0.1, -0.05) is 24.3 Å². The Bertz CT molecular complexity index is 700. The molecule has 5 rings (SSSR count). The molecule has 4 aliphatic rings. The van der Waals surface area contributed by atoms with Crippen LogP contribution in [0.1, 0.15) is 29.9 Å². The van der Waals surface area contributed by atoms with Crippen molar-refractivity contribution in [2.45, 2.75) is 25.2 Å². The Labute approximate surface area is 142 Å². The largest absolute Gasteiger partial charge is 0.338 e. The minimum atomic E-state index is -0.0145. The van der Waals surface area contributed by atoms with Gasteiger partial charge in [0.15, 0.2) is 0 Å². The Balaban J connectivity index is 1.12. The molecular formula is C19H23N3O2. The third kappa shape index (κ3) is 2.29. The SMILES string of the molecule is O=C(NCC1C2Cc3ccccc3C12)N1CCN(C(=O)C2CC2)C1. The predicted octanol–water partition coefficient (Wildman–Crippen LogP) is 1.79. The quantitative estimate of drug-likeness (QED) is 0.921. The molecule has 3 unspecified atom stereocenters. The van der Waals surface area contributed by atoms with Gasteiger partial charge in [0.1, 0.15) is 0 Å². The van der Waals surface area contributed by atoms with E-state index < -0.39 is 0 Å². The first-order chi connectivity index (χ1) is 11.7. The number of hydrogen-bond acceptors (Lipinski definition) is 2. The molecule has 1 saturated heterocycles. The third-order valence-corrected chi connectivity index (χ3v) is 6.20. The van der Waals surface area contributed by atoms with Crippen molar-refractivity contribution in [3.05, 3.63) is 35.4 Å². The van der Waals surface area contributed by atoms with Crippen molar-refractivity contribution in [2.75, 3.05) is 26.3 Å². The lowest BCUT2D eigenvalue weighted by Gasteiger charge is -2.19. The number of benzene rings is 1. The van der Waals surface area contributed by atoms with Gasteiger partial charge >= 0.3 is 6.03 Å². The van der Waals surface area contributed by atoms with Gasteiger partial charge in [0.25, 0.3) is 0 Å². The highest BCUT2D eigenvalue weighted by atomic mass is 16.2. The van der Waals surface area contributed by atoms with Crippen molar-refractivity contribution in [3.63, 3.8) is 0 Å². The van der Waals surface area contributed by atoms with Crippen molar-refractivity contribution < 1.29 is 9.59 Å². The summed E-state index contributed by atoms with van der Waals surface area (Å²) in [6.45, 7) is 2.56. The van der Waals surface area contributed by atoms with E-state index in [1.165, 1.54) is 11.1 Å². The molecule has 3 fully saturated rings. The van der Waals surface area contributed by atoms with E-state index in [0.717, 1.165) is 25.8 Å². The topological polar surface area (TPSA) is 52.7 Å². The molecule has 3 aliphatic carbocycles. The molecule has 3 amide bonds. The molecule has 5 nitrogen and oxygen atoms in total. The Morgan fingerprint density at radius 3 is 2.75 bits per heavy atom. The van der Waals surface area contributed by atoms with Crippen molar-refractivity contribution in [1.82, 2.24) is 15.1 Å². The normalized spacial score (nSPS) is 30.1. The highest BCUT2D eigenvalue weighted by Crippen LogP contribution is 2.60. The fraction of sp³-hybridized carbons (Fsp3) is 0.579. The van der Waals surface area contributed by atoms with Gasteiger partial charge in [0.2, 0.25) is 5.91 Å². The van der Waals surface area contributed by atoms with Crippen LogP contribution in [0.4, 0.5) is 4.79 Å². The average Bonchev–Trinajstić information content (AvgIpc) is 3.46. The summed E-state index contributed by atoms with van der Waals surface area (Å²) in [7, 11) is 0. The molecule has 1 heterocycles. The van der Waals surface area contributed by atoms with Crippen molar-refractivity contribution >= 4 is 11.9 Å². The lowest BCUT2D eigenvalue weighted by atomic mass is 10.0. The predicted molar refractivity (Wildman–Crippen MR) is 89.3 cm³/mol. The van der Waals surface area contributed by atoms with Gasteiger partial charge in [-0.15, -0.1) is 0 Å². The van der Waals surface area contributed by atoms with Crippen LogP contribution < -0.4 is 5.32 Å². The number of rotatable bonds is 3. The van der Waals surface area contributed by atoms with Crippen molar-refractivity contribution in [1.29, 1.82) is 0 Å². The van der Waals surface area contributed by atoms with Gasteiger partial charge in [-0.25, -0.2) is 4.79 Å². The minimum Gasteiger partial charge on any atom is -0.338 e. The second kappa shape index (κ2) is 5.23. The lowest BCUT2D eigenvalue weighted by Crippen LogP contribution is -2.41. The number of carbonyl (C=O) groups excluding carboxylic acids is 2. The zero-order valence-electron chi connectivity index (χ0n) is 13.8. The van der Waals surface area contributed by atoms with Crippen molar-refractivity contribution in [3.8, 4) is 0 Å². The van der Waals surface area contributed by atoms with Crippen LogP contribution in [0, 0.1) is 17.8 Å². The maximum Gasteiger partial charge on any atom is 0.318 e. The highest BCUT2D eigenvalue weighted by molar-refractivity contribution is 5.82. The smallest absolute Gasteiger partial charge is 0.318 e. The van der Waals surface area contributed by atoms with Crippen LogP contribution in [0.5, 0.6) is 0 Å². The average molecular weight is 325 g/mol. The van der Waals surface area contributed by atoms with E-state index in [1.54, 1.807) is 4.90 Å². The first kappa shape index (κ1) is 14.3. The molecular weight excluding hydrogens is 302 g/mol. The second-order valence-electron chi connectivity index (χ2n) is 7.72. The summed E-state index contributed by atoms with van der Waals surface area (Å²) in [6, 6.07) is 8.68. The molecule has 1 aromatic rings. The molecule has 5 heteroatoms. The molecule has 1 aliphatic heterocycles. The zero-order valence-corrected chi connectivity index (χ0v) is 13.8. The summed E-state index contributed by atoms with van der Waals surface area (Å²) in [5.74, 6) is 2.43. The zero-order chi connectivity index (χ0) is 16.3. The number of carbonyl (C=O) groups is 2. The molecule has 3 atom stereocenters. The molecule has 1 N–H and O–H groups in total. The third-order valence-electron chi connectivity index (χ3n) is 6.20. The van der Waals surface area contributed by atoms with Gasteiger partial charge in [-0.2, -0.15) is 0 Å². The fourth-order valence-corrected chi connectivity index (χ4v) is 4.60. The number of nitrogens with one attached hydrogen (secondary N) is 1. The van der Waals surface area contributed by atoms with Crippen LogP contribution >= 0.6 is 0 Å². The maximum atomic E-state index is 12.4. The van der Waals surface area contributed by atoms with Crippen LogP contribution in [-0.4, -0.2) is 48.0 Å². The van der Waals surface area contributed by atoms with Crippen LogP contribution in [-0.2, 0) is 11.2 Å². The molecule has 0 spiro atoms. The molecule has 2 saturated carbocycles. The Hall–Kier alpha value is -2.04. The number of amides is 3. The Morgan fingerprint density at radius 2 is 1.92 bits per heavy atom. The minimum absolute atomic E-state index is 0.0145. The molecule has 1 aromatic carbocycles. The van der Waals surface area contributed by atoms with E-state index in [1.807, 2.05) is 4.90 Å². The van der Waals surface area contributed by atoms with Crippen LogP contribution in [0.3, 0.4) is 0 Å². The first-order valence-corrected chi connectivity index (χ1v) is 9.12. The highest BCUT2D eigenvalue weighted by Gasteiger charge is 2.55. The van der Waals surface area contributed by atoms with E-state index in [0.29, 0.717) is 37.5 Å². The van der Waals surface area contributed by atoms with E-state index in [-0.39, 0.29) is 17.9 Å². The van der Waals surface area contributed by atoms with Crippen molar-refractivity contribution in [2.24, 2.45) is 17.8 Å². The monoisotopic (exact) mass is 325 g/mol. The van der Waals surface area contributed by atoms with E-state index >= 15 is 0 Å². The number of urea groups is 1. The van der Waals surface area contributed by atoms with Gasteiger partial charge in [0.05, 0.1) is 6.67 Å². The standard InChI is InChI=1S/C19H23N3O2/c23-18(12-5-6-12)21-7-8-22(11-21)19(24)20-10-16-15-9-13-3-1-2-4-14(13)17(15)16/h1-4,12,15-17H,5-11H2,(H,20,24). The summed E-state index contributed by atoms with van der Waals surface area (Å²) < 4.78 is 0. The van der Waals surface area contributed by atoms with Gasteiger partial charge in [-0.05, 0) is 48.1 Å². The first-order valence-electron chi connectivity index (χ1n) is 9.12. The van der Waals surface area contributed by atoms with Crippen LogP contribution in [0.2, 0.25) is 0 Å². The van der Waals surface area contributed by atoms with Gasteiger partial charge in [-0.3, -0.25) is 4.79 Å². The summed E-state index contributed by atoms with van der Waals surface area (Å²) in [5, 5.41) is 3.10. The molecule has 24 heavy (non-hydrogen) atoms. The lowest BCUT2D eigenvalue weighted by molar-refractivity contribution is -0.131. The molecule has 0 bridgehead atoms. The van der Waals surface area contributed by atoms with Gasteiger partial charge in [0, 0.05) is 25.6 Å². The molecule has 0 aromatic heterocycles. The van der Waals surface area contributed by atoms with Gasteiger partial charge < -0.3 is 15.1 Å². The van der Waals surface area contributed by atoms with E-state index in [9.17, 15) is 9.59 Å². The molecule has 126 valence electrons. The maximum absolute atomic E-state index is 12.4. The number of fused-ring (bicyclic) bond motifs is 3. The molecule has 0 radical (unpaired) electrons. The summed E-state index contributed by atoms with van der Waals surface area (Å²) in [4.78, 5) is 28.0. The van der Waals surface area contributed by atoms with Crippen LogP contribution in [0.25, 0.3) is 0 Å². The number of hydrogen-bond donors (Lipinski definition) is 1. The summed E-state index contributed by atoms with van der Waals surface area (Å²) >= 11 is 0. The Morgan fingerprint density at radius 1 is 1.12 bits per heavy atom. The summed E-state index contributed by atoms with van der Waals surface area (Å²) in [6.07, 6.45) is 3.20.